The molecule has 0 fully saturated rings. The molecule has 150 valence electrons. The lowest BCUT2D eigenvalue weighted by Gasteiger charge is -2.14. The van der Waals surface area contributed by atoms with Crippen LogP contribution in [0.2, 0.25) is 10.0 Å². The van der Waals surface area contributed by atoms with Gasteiger partial charge in [-0.25, -0.2) is 4.79 Å². The molecular formula is C20H13Cl2N5O3. The number of rotatable bonds is 3. The molecule has 0 radical (unpaired) electrons. The molecule has 4 aromatic rings. The second-order valence-corrected chi connectivity index (χ2v) is 7.22. The van der Waals surface area contributed by atoms with Crippen LogP contribution < -0.4 is 16.0 Å². The lowest BCUT2D eigenvalue weighted by molar-refractivity contribution is 0.412. The fourth-order valence-electron chi connectivity index (χ4n) is 3.31. The number of aryl methyl sites for hydroxylation is 1. The summed E-state index contributed by atoms with van der Waals surface area (Å²) in [6.45, 7) is 1.96. The normalized spacial score (nSPS) is 10.9. The Bertz CT molecular complexity index is 1450. The van der Waals surface area contributed by atoms with Gasteiger partial charge in [0.15, 0.2) is 0 Å². The van der Waals surface area contributed by atoms with Crippen LogP contribution in [0, 0.1) is 18.3 Å². The zero-order chi connectivity index (χ0) is 21.6. The first kappa shape index (κ1) is 19.8. The predicted molar refractivity (Wildman–Crippen MR) is 113 cm³/mol. The van der Waals surface area contributed by atoms with Gasteiger partial charge in [-0.15, -0.1) is 5.10 Å². The van der Waals surface area contributed by atoms with E-state index in [1.54, 1.807) is 13.2 Å². The van der Waals surface area contributed by atoms with Crippen molar-refractivity contribution < 1.29 is 4.74 Å². The monoisotopic (exact) mass is 441 g/mol. The number of methoxy groups -OCH3 is 1. The third-order valence-electron chi connectivity index (χ3n) is 4.73. The van der Waals surface area contributed by atoms with Crippen LogP contribution in [0.1, 0.15) is 11.3 Å². The van der Waals surface area contributed by atoms with E-state index in [4.69, 9.17) is 33.2 Å². The fraction of sp³-hybridized carbons (Fsp3) is 0.100. The van der Waals surface area contributed by atoms with Gasteiger partial charge in [-0.3, -0.25) is 9.78 Å². The summed E-state index contributed by atoms with van der Waals surface area (Å²) in [6, 6.07) is 10.3. The van der Waals surface area contributed by atoms with Crippen molar-refractivity contribution in [3.8, 4) is 23.2 Å². The summed E-state index contributed by atoms with van der Waals surface area (Å²) < 4.78 is 8.07. The van der Waals surface area contributed by atoms with Crippen LogP contribution in [0.5, 0.6) is 5.75 Å². The molecule has 4 rings (SSSR count). The number of nitriles is 1. The van der Waals surface area contributed by atoms with E-state index in [1.165, 1.54) is 12.1 Å². The minimum absolute atomic E-state index is 0.209. The van der Waals surface area contributed by atoms with Gasteiger partial charge >= 0.3 is 5.69 Å². The van der Waals surface area contributed by atoms with E-state index in [2.05, 4.69) is 5.10 Å². The number of aromatic nitrogens is 4. The van der Waals surface area contributed by atoms with Crippen molar-refractivity contribution in [3.63, 3.8) is 0 Å². The molecule has 10 heteroatoms. The largest absolute Gasteiger partial charge is 0.496 e. The minimum atomic E-state index is -0.864. The molecule has 0 unspecified atom stereocenters. The molecule has 2 aromatic heterocycles. The molecule has 0 amide bonds. The van der Waals surface area contributed by atoms with Gasteiger partial charge in [-0.1, -0.05) is 23.2 Å². The number of nitrogens with one attached hydrogen (secondary N) is 1. The maximum Gasteiger partial charge on any atom is 0.349 e. The fourth-order valence-corrected chi connectivity index (χ4v) is 3.97. The Labute approximate surface area is 179 Å². The van der Waals surface area contributed by atoms with Crippen LogP contribution in [0.4, 0.5) is 0 Å². The van der Waals surface area contributed by atoms with Crippen molar-refractivity contribution in [2.24, 2.45) is 0 Å². The van der Waals surface area contributed by atoms with Gasteiger partial charge < -0.3 is 9.30 Å². The Kier molecular flexibility index (Phi) is 4.86. The van der Waals surface area contributed by atoms with Gasteiger partial charge in [-0.05, 0) is 37.3 Å². The van der Waals surface area contributed by atoms with E-state index in [9.17, 15) is 9.59 Å². The standard InChI is InChI=1S/C20H13Cl2N5O3/c1-10-12-5-6-26(16(12)3-4-17(10)30-2)18-13(21)7-11(8-14(18)22)27-20(29)24-19(28)15(9-23)25-27/h3-8H,1-2H3,(H,24,28,29). The highest BCUT2D eigenvalue weighted by molar-refractivity contribution is 6.38. The number of fused-ring (bicyclic) bond motifs is 1. The first-order valence-corrected chi connectivity index (χ1v) is 9.39. The number of benzene rings is 2. The quantitative estimate of drug-likeness (QED) is 0.524. The first-order chi connectivity index (χ1) is 14.3. The van der Waals surface area contributed by atoms with Crippen molar-refractivity contribution in [1.29, 1.82) is 5.26 Å². The number of hydrogen-bond donors (Lipinski definition) is 1. The van der Waals surface area contributed by atoms with Crippen LogP contribution in [0.25, 0.3) is 22.3 Å². The highest BCUT2D eigenvalue weighted by Gasteiger charge is 2.17. The zero-order valence-electron chi connectivity index (χ0n) is 15.7. The van der Waals surface area contributed by atoms with Crippen molar-refractivity contribution in [2.45, 2.75) is 6.92 Å². The van der Waals surface area contributed by atoms with Crippen LogP contribution in [-0.4, -0.2) is 26.4 Å². The van der Waals surface area contributed by atoms with E-state index in [1.807, 2.05) is 40.9 Å². The number of hydrogen-bond acceptors (Lipinski definition) is 5. The summed E-state index contributed by atoms with van der Waals surface area (Å²) in [5.74, 6) is 0.768. The highest BCUT2D eigenvalue weighted by atomic mass is 35.5. The molecule has 2 heterocycles. The van der Waals surface area contributed by atoms with Crippen molar-refractivity contribution >= 4 is 34.1 Å². The minimum Gasteiger partial charge on any atom is -0.496 e. The van der Waals surface area contributed by atoms with E-state index in [0.29, 0.717) is 5.69 Å². The van der Waals surface area contributed by atoms with E-state index < -0.39 is 16.9 Å². The molecule has 0 bridgehead atoms. The number of ether oxygens (including phenoxy) is 1. The van der Waals surface area contributed by atoms with Crippen LogP contribution >= 0.6 is 23.2 Å². The second-order valence-electron chi connectivity index (χ2n) is 6.40. The smallest absolute Gasteiger partial charge is 0.349 e. The Morgan fingerprint density at radius 2 is 1.87 bits per heavy atom. The molecule has 2 aromatic carbocycles. The summed E-state index contributed by atoms with van der Waals surface area (Å²) in [5, 5.41) is 14.3. The SMILES string of the molecule is COc1ccc2c(ccn2-c2c(Cl)cc(-n3nc(C#N)c(=O)[nH]c3=O)cc2Cl)c1C. The molecule has 0 atom stereocenters. The van der Waals surface area contributed by atoms with E-state index in [-0.39, 0.29) is 15.7 Å². The summed E-state index contributed by atoms with van der Waals surface area (Å²) in [7, 11) is 1.61. The molecule has 1 N–H and O–H groups in total. The number of H-pyrrole nitrogens is 1. The van der Waals surface area contributed by atoms with E-state index in [0.717, 1.165) is 26.9 Å². The Balaban J connectivity index is 1.91. The molecule has 0 saturated heterocycles. The van der Waals surface area contributed by atoms with Gasteiger partial charge in [0.1, 0.15) is 11.8 Å². The van der Waals surface area contributed by atoms with E-state index >= 15 is 0 Å². The summed E-state index contributed by atoms with van der Waals surface area (Å²) >= 11 is 13.0. The molecule has 0 aliphatic heterocycles. The molecule has 0 spiro atoms. The second kappa shape index (κ2) is 7.37. The molecule has 0 saturated carbocycles. The first-order valence-electron chi connectivity index (χ1n) is 8.64. The maximum absolute atomic E-state index is 12.1. The Morgan fingerprint density at radius 3 is 2.50 bits per heavy atom. The highest BCUT2D eigenvalue weighted by Crippen LogP contribution is 2.36. The molecule has 0 aliphatic rings. The van der Waals surface area contributed by atoms with Crippen LogP contribution in [-0.2, 0) is 0 Å². The maximum atomic E-state index is 12.1. The summed E-state index contributed by atoms with van der Waals surface area (Å²) in [5.41, 5.74) is 0.443. The third-order valence-corrected chi connectivity index (χ3v) is 5.31. The Morgan fingerprint density at radius 1 is 1.17 bits per heavy atom. The van der Waals surface area contributed by atoms with Crippen molar-refractivity contribution in [3.05, 3.63) is 78.7 Å². The summed E-state index contributed by atoms with van der Waals surface area (Å²) in [6.07, 6.45) is 1.84. The predicted octanol–water partition coefficient (Wildman–Crippen LogP) is 3.36. The molecule has 8 nitrogen and oxygen atoms in total. The van der Waals surface area contributed by atoms with Gasteiger partial charge in [-0.2, -0.15) is 9.94 Å². The molecule has 30 heavy (non-hydrogen) atoms. The molecular weight excluding hydrogens is 429 g/mol. The zero-order valence-corrected chi connectivity index (χ0v) is 17.2. The van der Waals surface area contributed by atoms with Crippen molar-refractivity contribution in [2.75, 3.05) is 7.11 Å². The summed E-state index contributed by atoms with van der Waals surface area (Å²) in [4.78, 5) is 25.8. The average molecular weight is 442 g/mol. The van der Waals surface area contributed by atoms with Gasteiger partial charge in [0.05, 0.1) is 34.0 Å². The van der Waals surface area contributed by atoms with Crippen LogP contribution in [0.3, 0.4) is 0 Å². The lowest BCUT2D eigenvalue weighted by atomic mass is 10.1. The van der Waals surface area contributed by atoms with Gasteiger partial charge in [0.25, 0.3) is 5.56 Å². The Hall–Kier alpha value is -3.54. The van der Waals surface area contributed by atoms with Gasteiger partial charge in [0, 0.05) is 17.1 Å². The average Bonchev–Trinajstić information content (AvgIpc) is 3.12. The number of nitrogens with zero attached hydrogens (tertiary/aromatic N) is 4. The van der Waals surface area contributed by atoms with Crippen LogP contribution in [0.15, 0.2) is 46.1 Å². The van der Waals surface area contributed by atoms with Gasteiger partial charge in [0.2, 0.25) is 5.69 Å². The molecule has 0 aliphatic carbocycles. The number of halogens is 2. The topological polar surface area (TPSA) is 106 Å². The number of aromatic amines is 1. The van der Waals surface area contributed by atoms with Crippen molar-refractivity contribution in [1.82, 2.24) is 19.3 Å². The third kappa shape index (κ3) is 3.05. The lowest BCUT2D eigenvalue weighted by Crippen LogP contribution is -2.33.